The molecular formula is C16H14N4O2S. The predicted octanol–water partition coefficient (Wildman–Crippen LogP) is 3.86. The van der Waals surface area contributed by atoms with Crippen molar-refractivity contribution in [3.8, 4) is 16.3 Å². The molecule has 0 aliphatic heterocycles. The second-order valence-electron chi connectivity index (χ2n) is 4.56. The van der Waals surface area contributed by atoms with Crippen LogP contribution in [0.2, 0.25) is 0 Å². The third kappa shape index (κ3) is 3.64. The van der Waals surface area contributed by atoms with Crippen molar-refractivity contribution in [1.82, 2.24) is 10.2 Å². The Morgan fingerprint density at radius 2 is 1.74 bits per heavy atom. The number of amides is 2. The Labute approximate surface area is 137 Å². The maximum absolute atomic E-state index is 12.1. The Morgan fingerprint density at radius 3 is 2.52 bits per heavy atom. The summed E-state index contributed by atoms with van der Waals surface area (Å²) in [6.07, 6.45) is 0. The Kier molecular flexibility index (Phi) is 4.49. The number of para-hydroxylation sites is 2. The van der Waals surface area contributed by atoms with Crippen LogP contribution in [0.25, 0.3) is 10.6 Å². The van der Waals surface area contributed by atoms with Crippen LogP contribution in [-0.2, 0) is 0 Å². The van der Waals surface area contributed by atoms with Crippen LogP contribution in [0.5, 0.6) is 5.75 Å². The lowest BCUT2D eigenvalue weighted by molar-refractivity contribution is 0.262. The summed E-state index contributed by atoms with van der Waals surface area (Å²) in [5, 5.41) is 14.6. The molecule has 2 aromatic carbocycles. The molecule has 2 N–H and O–H groups in total. The largest absolute Gasteiger partial charge is 0.495 e. The fourth-order valence-corrected chi connectivity index (χ4v) is 2.71. The third-order valence-corrected chi connectivity index (χ3v) is 3.91. The number of urea groups is 1. The molecule has 7 heteroatoms. The summed E-state index contributed by atoms with van der Waals surface area (Å²) in [6, 6.07) is 16.5. The van der Waals surface area contributed by atoms with Gasteiger partial charge in [-0.1, -0.05) is 53.8 Å². The van der Waals surface area contributed by atoms with Crippen molar-refractivity contribution in [2.24, 2.45) is 0 Å². The lowest BCUT2D eigenvalue weighted by Crippen LogP contribution is -2.19. The van der Waals surface area contributed by atoms with Crippen LogP contribution in [-0.4, -0.2) is 23.3 Å². The number of methoxy groups -OCH3 is 1. The number of ether oxygens (including phenoxy) is 1. The van der Waals surface area contributed by atoms with Crippen LogP contribution in [0.15, 0.2) is 54.6 Å². The monoisotopic (exact) mass is 326 g/mol. The molecule has 0 unspecified atom stereocenters. The molecule has 3 rings (SSSR count). The molecule has 116 valence electrons. The van der Waals surface area contributed by atoms with Gasteiger partial charge in [0.2, 0.25) is 5.13 Å². The standard InChI is InChI=1S/C16H14N4O2S/c1-22-13-10-6-5-9-12(13)17-15(21)18-16-20-19-14(23-16)11-7-3-2-4-8-11/h2-10H,1H3,(H2,17,18,20,21). The number of carbonyl (C=O) groups excluding carboxylic acids is 1. The molecule has 0 radical (unpaired) electrons. The zero-order chi connectivity index (χ0) is 16.1. The van der Waals surface area contributed by atoms with E-state index in [0.29, 0.717) is 16.6 Å². The van der Waals surface area contributed by atoms with Crippen molar-refractivity contribution in [3.05, 3.63) is 54.6 Å². The van der Waals surface area contributed by atoms with Gasteiger partial charge in [-0.25, -0.2) is 4.79 Å². The van der Waals surface area contributed by atoms with Crippen LogP contribution < -0.4 is 15.4 Å². The highest BCUT2D eigenvalue weighted by Gasteiger charge is 2.11. The van der Waals surface area contributed by atoms with E-state index in [1.807, 2.05) is 42.5 Å². The number of carbonyl (C=O) groups is 1. The molecule has 0 aliphatic rings. The smallest absolute Gasteiger partial charge is 0.325 e. The van der Waals surface area contributed by atoms with Gasteiger partial charge in [-0.3, -0.25) is 5.32 Å². The van der Waals surface area contributed by atoms with Gasteiger partial charge >= 0.3 is 6.03 Å². The molecule has 0 spiro atoms. The molecule has 1 heterocycles. The van der Waals surface area contributed by atoms with E-state index >= 15 is 0 Å². The van der Waals surface area contributed by atoms with E-state index in [0.717, 1.165) is 10.6 Å². The van der Waals surface area contributed by atoms with Gasteiger partial charge in [0.05, 0.1) is 12.8 Å². The van der Waals surface area contributed by atoms with Gasteiger partial charge in [0, 0.05) is 5.56 Å². The molecule has 6 nitrogen and oxygen atoms in total. The number of benzene rings is 2. The van der Waals surface area contributed by atoms with Gasteiger partial charge in [0.1, 0.15) is 10.8 Å². The van der Waals surface area contributed by atoms with Crippen molar-refractivity contribution >= 4 is 28.2 Å². The summed E-state index contributed by atoms with van der Waals surface area (Å²) >= 11 is 1.31. The number of nitrogens with one attached hydrogen (secondary N) is 2. The molecule has 2 amide bonds. The Hall–Kier alpha value is -2.93. The van der Waals surface area contributed by atoms with Gasteiger partial charge in [0.15, 0.2) is 0 Å². The zero-order valence-corrected chi connectivity index (χ0v) is 13.1. The van der Waals surface area contributed by atoms with Crippen LogP contribution in [0.3, 0.4) is 0 Å². The van der Waals surface area contributed by atoms with Gasteiger partial charge in [0.25, 0.3) is 0 Å². The van der Waals surface area contributed by atoms with Crippen LogP contribution in [0.4, 0.5) is 15.6 Å². The number of aromatic nitrogens is 2. The highest BCUT2D eigenvalue weighted by Crippen LogP contribution is 2.27. The third-order valence-electron chi connectivity index (χ3n) is 3.02. The van der Waals surface area contributed by atoms with Crippen LogP contribution in [0.1, 0.15) is 0 Å². The molecule has 0 aliphatic carbocycles. The lowest BCUT2D eigenvalue weighted by atomic mass is 10.2. The number of anilines is 2. The molecule has 3 aromatic rings. The van der Waals surface area contributed by atoms with Gasteiger partial charge in [-0.05, 0) is 12.1 Å². The zero-order valence-electron chi connectivity index (χ0n) is 12.3. The van der Waals surface area contributed by atoms with E-state index in [2.05, 4.69) is 20.8 Å². The first-order valence-corrected chi connectivity index (χ1v) is 7.68. The SMILES string of the molecule is COc1ccccc1NC(=O)Nc1nnc(-c2ccccc2)s1. The molecule has 1 aromatic heterocycles. The number of rotatable bonds is 4. The Morgan fingerprint density at radius 1 is 1.00 bits per heavy atom. The van der Waals surface area contributed by atoms with Crippen molar-refractivity contribution in [3.63, 3.8) is 0 Å². The van der Waals surface area contributed by atoms with Crippen LogP contribution >= 0.6 is 11.3 Å². The fraction of sp³-hybridized carbons (Fsp3) is 0.0625. The van der Waals surface area contributed by atoms with E-state index < -0.39 is 6.03 Å². The Balaban J connectivity index is 1.68. The molecule has 0 bridgehead atoms. The van der Waals surface area contributed by atoms with E-state index in [1.54, 1.807) is 19.2 Å². The molecule has 0 atom stereocenters. The molecule has 0 saturated carbocycles. The minimum absolute atomic E-state index is 0.398. The topological polar surface area (TPSA) is 76.1 Å². The van der Waals surface area contributed by atoms with Gasteiger partial charge in [-0.15, -0.1) is 10.2 Å². The van der Waals surface area contributed by atoms with E-state index in [-0.39, 0.29) is 0 Å². The summed E-state index contributed by atoms with van der Waals surface area (Å²) in [7, 11) is 1.55. The first-order valence-electron chi connectivity index (χ1n) is 6.86. The number of nitrogens with zero attached hydrogens (tertiary/aromatic N) is 2. The molecular weight excluding hydrogens is 312 g/mol. The van der Waals surface area contributed by atoms with Crippen molar-refractivity contribution in [1.29, 1.82) is 0 Å². The van der Waals surface area contributed by atoms with Crippen molar-refractivity contribution in [2.45, 2.75) is 0 Å². The quantitative estimate of drug-likeness (QED) is 0.763. The molecule has 0 saturated heterocycles. The maximum Gasteiger partial charge on any atom is 0.325 e. The van der Waals surface area contributed by atoms with E-state index in [4.69, 9.17) is 4.74 Å². The summed E-state index contributed by atoms with van der Waals surface area (Å²) < 4.78 is 5.19. The van der Waals surface area contributed by atoms with E-state index in [9.17, 15) is 4.79 Å². The maximum atomic E-state index is 12.1. The summed E-state index contributed by atoms with van der Waals surface area (Å²) in [4.78, 5) is 12.1. The fourth-order valence-electron chi connectivity index (χ4n) is 1.97. The second-order valence-corrected chi connectivity index (χ2v) is 5.54. The summed E-state index contributed by atoms with van der Waals surface area (Å²) in [5.41, 5.74) is 1.54. The minimum atomic E-state index is -0.398. The first kappa shape index (κ1) is 15.0. The van der Waals surface area contributed by atoms with E-state index in [1.165, 1.54) is 11.3 Å². The van der Waals surface area contributed by atoms with Gasteiger partial charge < -0.3 is 10.1 Å². The number of hydrogen-bond donors (Lipinski definition) is 2. The summed E-state index contributed by atoms with van der Waals surface area (Å²) in [6.45, 7) is 0. The normalized spacial score (nSPS) is 10.1. The Bertz CT molecular complexity index is 805. The average Bonchev–Trinajstić information content (AvgIpc) is 3.04. The van der Waals surface area contributed by atoms with Crippen molar-refractivity contribution < 1.29 is 9.53 Å². The van der Waals surface area contributed by atoms with Crippen molar-refractivity contribution in [2.75, 3.05) is 17.7 Å². The highest BCUT2D eigenvalue weighted by molar-refractivity contribution is 7.18. The second kappa shape index (κ2) is 6.89. The highest BCUT2D eigenvalue weighted by atomic mass is 32.1. The minimum Gasteiger partial charge on any atom is -0.495 e. The van der Waals surface area contributed by atoms with Gasteiger partial charge in [-0.2, -0.15) is 0 Å². The molecule has 0 fully saturated rings. The lowest BCUT2D eigenvalue weighted by Gasteiger charge is -2.09. The summed E-state index contributed by atoms with van der Waals surface area (Å²) in [5.74, 6) is 0.588. The molecule has 23 heavy (non-hydrogen) atoms. The first-order chi connectivity index (χ1) is 11.3. The average molecular weight is 326 g/mol. The number of hydrogen-bond acceptors (Lipinski definition) is 5. The van der Waals surface area contributed by atoms with Crippen LogP contribution in [0, 0.1) is 0 Å². The predicted molar refractivity (Wildman–Crippen MR) is 91.0 cm³/mol.